The van der Waals surface area contributed by atoms with Crippen LogP contribution < -0.4 is 5.32 Å². The standard InChI is InChI=1S/C16H12ClN3O3S/c1-2-9-3-6-13-14(7-9)24-16(18-13)19-15(21)11-5-4-10(20(22)23)8-12(11)17/h3-8H,2H2,1H3,(H,18,19,21). The number of carbonyl (C=O) groups is 1. The van der Waals surface area contributed by atoms with Crippen LogP contribution in [0.4, 0.5) is 10.8 Å². The number of nitro benzene ring substituents is 1. The summed E-state index contributed by atoms with van der Waals surface area (Å²) in [6.07, 6.45) is 0.925. The largest absolute Gasteiger partial charge is 0.298 e. The molecule has 6 nitrogen and oxygen atoms in total. The van der Waals surface area contributed by atoms with Crippen LogP contribution >= 0.6 is 22.9 Å². The summed E-state index contributed by atoms with van der Waals surface area (Å²) in [5.41, 5.74) is 2.00. The van der Waals surface area contributed by atoms with Gasteiger partial charge in [-0.15, -0.1) is 0 Å². The van der Waals surface area contributed by atoms with Crippen molar-refractivity contribution in [3.05, 3.63) is 62.7 Å². The van der Waals surface area contributed by atoms with Gasteiger partial charge >= 0.3 is 0 Å². The number of fused-ring (bicyclic) bond motifs is 1. The Hall–Kier alpha value is -2.51. The van der Waals surface area contributed by atoms with Gasteiger partial charge in [0.25, 0.3) is 11.6 Å². The molecule has 3 aromatic rings. The molecule has 0 atom stereocenters. The highest BCUT2D eigenvalue weighted by Crippen LogP contribution is 2.28. The highest BCUT2D eigenvalue weighted by atomic mass is 35.5. The molecule has 0 aliphatic rings. The highest BCUT2D eigenvalue weighted by molar-refractivity contribution is 7.22. The number of hydrogen-bond donors (Lipinski definition) is 1. The number of thiazole rings is 1. The van der Waals surface area contributed by atoms with Crippen molar-refractivity contribution in [1.82, 2.24) is 4.98 Å². The van der Waals surface area contributed by atoms with Gasteiger partial charge in [0.15, 0.2) is 5.13 Å². The van der Waals surface area contributed by atoms with Crippen LogP contribution in [0.3, 0.4) is 0 Å². The lowest BCUT2D eigenvalue weighted by molar-refractivity contribution is -0.384. The second-order valence-corrected chi connectivity index (χ2v) is 6.49. The molecule has 0 saturated heterocycles. The van der Waals surface area contributed by atoms with Crippen molar-refractivity contribution in [2.45, 2.75) is 13.3 Å². The van der Waals surface area contributed by atoms with Crippen molar-refractivity contribution in [3.8, 4) is 0 Å². The van der Waals surface area contributed by atoms with E-state index in [1.807, 2.05) is 18.2 Å². The van der Waals surface area contributed by atoms with E-state index >= 15 is 0 Å². The third-order valence-electron chi connectivity index (χ3n) is 3.49. The molecule has 0 aliphatic heterocycles. The first-order valence-electron chi connectivity index (χ1n) is 7.12. The average molecular weight is 362 g/mol. The zero-order valence-corrected chi connectivity index (χ0v) is 14.1. The molecule has 1 aromatic heterocycles. The Morgan fingerprint density at radius 2 is 2.12 bits per heavy atom. The number of halogens is 1. The third kappa shape index (κ3) is 3.22. The average Bonchev–Trinajstić information content (AvgIpc) is 2.95. The molecule has 1 amide bonds. The van der Waals surface area contributed by atoms with Crippen LogP contribution in [0.5, 0.6) is 0 Å². The second-order valence-electron chi connectivity index (χ2n) is 5.05. The van der Waals surface area contributed by atoms with E-state index in [0.717, 1.165) is 22.7 Å². The predicted octanol–water partition coefficient (Wildman–Crippen LogP) is 4.67. The fraction of sp³-hybridized carbons (Fsp3) is 0.125. The maximum atomic E-state index is 12.3. The number of rotatable bonds is 4. The van der Waals surface area contributed by atoms with Crippen molar-refractivity contribution in [3.63, 3.8) is 0 Å². The van der Waals surface area contributed by atoms with Crippen molar-refractivity contribution in [2.75, 3.05) is 5.32 Å². The van der Waals surface area contributed by atoms with E-state index in [1.54, 1.807) is 0 Å². The Bertz CT molecular complexity index is 955. The number of hydrogen-bond acceptors (Lipinski definition) is 5. The summed E-state index contributed by atoms with van der Waals surface area (Å²) in [7, 11) is 0. The summed E-state index contributed by atoms with van der Waals surface area (Å²) in [6, 6.07) is 9.69. The molecular formula is C16H12ClN3O3S. The molecule has 1 heterocycles. The zero-order chi connectivity index (χ0) is 17.3. The van der Waals surface area contributed by atoms with Crippen molar-refractivity contribution < 1.29 is 9.72 Å². The van der Waals surface area contributed by atoms with Gasteiger partial charge in [-0.25, -0.2) is 4.98 Å². The van der Waals surface area contributed by atoms with Gasteiger partial charge in [-0.1, -0.05) is 35.9 Å². The Kier molecular flexibility index (Phi) is 4.46. The third-order valence-corrected chi connectivity index (χ3v) is 4.74. The van der Waals surface area contributed by atoms with Gasteiger partial charge in [-0.05, 0) is 30.2 Å². The van der Waals surface area contributed by atoms with E-state index in [1.165, 1.54) is 29.0 Å². The SMILES string of the molecule is CCc1ccc2nc(NC(=O)c3ccc([N+](=O)[O-])cc3Cl)sc2c1. The van der Waals surface area contributed by atoms with Gasteiger partial charge in [-0.3, -0.25) is 20.2 Å². The molecule has 0 saturated carbocycles. The number of aryl methyl sites for hydroxylation is 1. The minimum atomic E-state index is -0.563. The van der Waals surface area contributed by atoms with Gasteiger partial charge in [0.2, 0.25) is 0 Å². The number of non-ortho nitro benzene ring substituents is 1. The fourth-order valence-electron chi connectivity index (χ4n) is 2.21. The minimum Gasteiger partial charge on any atom is -0.298 e. The monoisotopic (exact) mass is 361 g/mol. The number of nitro groups is 1. The summed E-state index contributed by atoms with van der Waals surface area (Å²) in [5.74, 6) is -0.454. The normalized spacial score (nSPS) is 10.8. The summed E-state index contributed by atoms with van der Waals surface area (Å²) >= 11 is 7.34. The number of benzene rings is 2. The lowest BCUT2D eigenvalue weighted by Crippen LogP contribution is -2.12. The van der Waals surface area contributed by atoms with Gasteiger partial charge in [0, 0.05) is 12.1 Å². The number of anilines is 1. The molecule has 3 rings (SSSR count). The van der Waals surface area contributed by atoms with E-state index in [-0.39, 0.29) is 16.3 Å². The Labute approximate surface area is 146 Å². The molecule has 0 spiro atoms. The molecule has 8 heteroatoms. The Balaban J connectivity index is 1.85. The number of carbonyl (C=O) groups excluding carboxylic acids is 1. The van der Waals surface area contributed by atoms with E-state index in [4.69, 9.17) is 11.6 Å². The molecule has 24 heavy (non-hydrogen) atoms. The predicted molar refractivity (Wildman–Crippen MR) is 95.1 cm³/mol. The first kappa shape index (κ1) is 16.4. The topological polar surface area (TPSA) is 85.1 Å². The van der Waals surface area contributed by atoms with E-state index < -0.39 is 10.8 Å². The summed E-state index contributed by atoms with van der Waals surface area (Å²) in [6.45, 7) is 2.07. The quantitative estimate of drug-likeness (QED) is 0.540. The van der Waals surface area contributed by atoms with Crippen LogP contribution in [0.2, 0.25) is 5.02 Å². The smallest absolute Gasteiger partial charge is 0.270 e. The molecule has 0 fully saturated rings. The molecule has 0 aliphatic carbocycles. The number of nitrogens with one attached hydrogen (secondary N) is 1. The van der Waals surface area contributed by atoms with Crippen LogP contribution in [-0.2, 0) is 6.42 Å². The van der Waals surface area contributed by atoms with E-state index in [0.29, 0.717) is 5.13 Å². The molecule has 0 unspecified atom stereocenters. The first-order valence-corrected chi connectivity index (χ1v) is 8.32. The maximum absolute atomic E-state index is 12.3. The number of nitrogens with zero attached hydrogens (tertiary/aromatic N) is 2. The lowest BCUT2D eigenvalue weighted by atomic mass is 10.2. The van der Waals surface area contributed by atoms with Crippen molar-refractivity contribution in [1.29, 1.82) is 0 Å². The van der Waals surface area contributed by atoms with E-state index in [9.17, 15) is 14.9 Å². The van der Waals surface area contributed by atoms with Gasteiger partial charge in [-0.2, -0.15) is 0 Å². The zero-order valence-electron chi connectivity index (χ0n) is 12.6. The van der Waals surface area contributed by atoms with E-state index in [2.05, 4.69) is 17.2 Å². The minimum absolute atomic E-state index is 0.0241. The molecule has 2 aromatic carbocycles. The molecule has 0 radical (unpaired) electrons. The van der Waals surface area contributed by atoms with Gasteiger partial charge < -0.3 is 0 Å². The summed E-state index contributed by atoms with van der Waals surface area (Å²) < 4.78 is 0.986. The van der Waals surface area contributed by atoms with Crippen molar-refractivity contribution >= 4 is 49.9 Å². The molecule has 1 N–H and O–H groups in total. The Morgan fingerprint density at radius 1 is 1.33 bits per heavy atom. The summed E-state index contributed by atoms with van der Waals surface area (Å²) in [4.78, 5) is 26.8. The number of aromatic nitrogens is 1. The second kappa shape index (κ2) is 6.54. The van der Waals surface area contributed by atoms with Gasteiger partial charge in [0.1, 0.15) is 0 Å². The first-order chi connectivity index (χ1) is 11.5. The van der Waals surface area contributed by atoms with Crippen LogP contribution in [0.1, 0.15) is 22.8 Å². The highest BCUT2D eigenvalue weighted by Gasteiger charge is 2.16. The van der Waals surface area contributed by atoms with Gasteiger partial charge in [0.05, 0.1) is 25.7 Å². The molecular weight excluding hydrogens is 350 g/mol. The maximum Gasteiger partial charge on any atom is 0.270 e. The van der Waals surface area contributed by atoms with Crippen LogP contribution in [0.15, 0.2) is 36.4 Å². The van der Waals surface area contributed by atoms with Crippen LogP contribution in [0, 0.1) is 10.1 Å². The fourth-order valence-corrected chi connectivity index (χ4v) is 3.39. The lowest BCUT2D eigenvalue weighted by Gasteiger charge is -2.03. The summed E-state index contributed by atoms with van der Waals surface area (Å²) in [5, 5.41) is 13.9. The molecule has 122 valence electrons. The molecule has 0 bridgehead atoms. The Morgan fingerprint density at radius 3 is 2.79 bits per heavy atom. The van der Waals surface area contributed by atoms with Crippen LogP contribution in [-0.4, -0.2) is 15.8 Å². The number of amides is 1. The van der Waals surface area contributed by atoms with Crippen LogP contribution in [0.25, 0.3) is 10.2 Å². The van der Waals surface area contributed by atoms with Crippen molar-refractivity contribution in [2.24, 2.45) is 0 Å².